The second-order valence-electron chi connectivity index (χ2n) is 4.86. The largest absolute Gasteiger partial charge is 0.465 e. The van der Waals surface area contributed by atoms with E-state index in [0.29, 0.717) is 10.7 Å². The van der Waals surface area contributed by atoms with Gasteiger partial charge in [0.25, 0.3) is 0 Å². The summed E-state index contributed by atoms with van der Waals surface area (Å²) >= 11 is 5.84. The quantitative estimate of drug-likeness (QED) is 0.786. The topological polar surface area (TPSA) is 95.9 Å². The van der Waals surface area contributed by atoms with Crippen LogP contribution in [0, 0.1) is 12.0 Å². The number of nitrogens with one attached hydrogen (secondary N) is 1. The van der Waals surface area contributed by atoms with Crippen LogP contribution in [0.4, 0.5) is 10.5 Å². The Morgan fingerprint density at radius 1 is 1.39 bits per heavy atom. The van der Waals surface area contributed by atoms with Gasteiger partial charge in [-0.15, -0.1) is 0 Å². The lowest BCUT2D eigenvalue weighted by molar-refractivity contribution is 0.201. The average molecular weight is 361 g/mol. The molecule has 0 aliphatic carbocycles. The second-order valence-corrected chi connectivity index (χ2v) is 6.61. The molecule has 2 N–H and O–H groups in total. The lowest BCUT2D eigenvalue weighted by atomic mass is 10.2. The lowest BCUT2D eigenvalue weighted by Crippen LogP contribution is -2.37. The maximum absolute atomic E-state index is 11.5. The number of nitrogens with zero attached hydrogens (tertiary/aromatic N) is 1. The fourth-order valence-corrected chi connectivity index (χ4v) is 2.63. The van der Waals surface area contributed by atoms with Gasteiger partial charge in [-0.2, -0.15) is 13.1 Å². The molecule has 0 aliphatic heterocycles. The van der Waals surface area contributed by atoms with Crippen molar-refractivity contribution >= 4 is 33.7 Å². The minimum absolute atomic E-state index is 0.315. The summed E-state index contributed by atoms with van der Waals surface area (Å²) in [4.78, 5) is 12.4. The van der Waals surface area contributed by atoms with Crippen LogP contribution in [0.3, 0.4) is 0 Å². The van der Waals surface area contributed by atoms with Crippen molar-refractivity contribution in [1.29, 1.82) is 0 Å². The fraction of sp³-hybridized carbons (Fsp3) is 0.357. The summed E-state index contributed by atoms with van der Waals surface area (Å²) in [7, 11) is -4.00. The van der Waals surface area contributed by atoms with E-state index in [1.807, 2.05) is 6.11 Å². The molecule has 126 valence electrons. The molecule has 0 bridgehead atoms. The van der Waals surface area contributed by atoms with Crippen LogP contribution >= 0.6 is 11.6 Å². The molecule has 1 aromatic carbocycles. The Kier molecular flexibility index (Phi) is 6.69. The third-order valence-electron chi connectivity index (χ3n) is 2.48. The highest BCUT2D eigenvalue weighted by atomic mass is 35.5. The van der Waals surface area contributed by atoms with Crippen LogP contribution in [0.5, 0.6) is 0 Å². The Bertz CT molecular complexity index is 724. The molecule has 0 saturated heterocycles. The fourth-order valence-electron chi connectivity index (χ4n) is 1.67. The molecule has 1 atom stereocenters. The van der Waals surface area contributed by atoms with Crippen molar-refractivity contribution in [3.8, 4) is 12.0 Å². The number of anilines is 1. The third-order valence-corrected chi connectivity index (χ3v) is 3.78. The summed E-state index contributed by atoms with van der Waals surface area (Å²) in [5.41, 5.74) is 0.315. The molecule has 0 radical (unpaired) electrons. The third kappa shape index (κ3) is 6.36. The average Bonchev–Trinajstić information content (AvgIpc) is 2.36. The predicted molar refractivity (Wildman–Crippen MR) is 87.5 cm³/mol. The molecule has 0 fully saturated rings. The van der Waals surface area contributed by atoms with Crippen molar-refractivity contribution in [1.82, 2.24) is 4.72 Å². The van der Waals surface area contributed by atoms with E-state index in [0.717, 1.165) is 4.90 Å². The van der Waals surface area contributed by atoms with Gasteiger partial charge in [0.05, 0.1) is 0 Å². The molecule has 23 heavy (non-hydrogen) atoms. The SMILES string of the molecule is CC(C)NS(=O)(=O)OC#CC(C)N(C(=O)O)c1cccc(Cl)c1. The van der Waals surface area contributed by atoms with E-state index < -0.39 is 22.4 Å². The molecule has 0 heterocycles. The minimum Gasteiger partial charge on any atom is -0.465 e. The molecular formula is C14H17ClN2O5S. The Labute approximate surface area is 140 Å². The first kappa shape index (κ1) is 19.1. The van der Waals surface area contributed by atoms with Gasteiger partial charge in [0, 0.05) is 16.8 Å². The van der Waals surface area contributed by atoms with Gasteiger partial charge in [-0.05, 0) is 44.9 Å². The molecule has 7 nitrogen and oxygen atoms in total. The van der Waals surface area contributed by atoms with Crippen LogP contribution in [-0.4, -0.2) is 31.7 Å². The van der Waals surface area contributed by atoms with E-state index in [1.54, 1.807) is 32.0 Å². The number of carbonyl (C=O) groups is 1. The second kappa shape index (κ2) is 8.06. The predicted octanol–water partition coefficient (Wildman–Crippen LogP) is 2.43. The summed E-state index contributed by atoms with van der Waals surface area (Å²) in [6.45, 7) is 4.75. The first-order valence-electron chi connectivity index (χ1n) is 6.61. The molecule has 0 aliphatic rings. The van der Waals surface area contributed by atoms with Crippen LogP contribution in [0.1, 0.15) is 20.8 Å². The Balaban J connectivity index is 2.91. The van der Waals surface area contributed by atoms with Crippen LogP contribution in [0.15, 0.2) is 24.3 Å². The van der Waals surface area contributed by atoms with Crippen LogP contribution in [0.2, 0.25) is 5.02 Å². The smallest absolute Gasteiger partial charge is 0.412 e. The summed E-state index contributed by atoms with van der Waals surface area (Å²) in [6, 6.07) is 5.03. The van der Waals surface area contributed by atoms with Crippen LogP contribution < -0.4 is 9.62 Å². The number of rotatable bonds is 5. The first-order valence-corrected chi connectivity index (χ1v) is 8.40. The van der Waals surface area contributed by atoms with Gasteiger partial charge in [0.1, 0.15) is 12.1 Å². The number of hydrogen-bond acceptors (Lipinski definition) is 4. The molecular weight excluding hydrogens is 344 g/mol. The lowest BCUT2D eigenvalue weighted by Gasteiger charge is -2.22. The zero-order valence-corrected chi connectivity index (χ0v) is 14.4. The van der Waals surface area contributed by atoms with E-state index in [1.165, 1.54) is 13.0 Å². The van der Waals surface area contributed by atoms with Gasteiger partial charge < -0.3 is 9.29 Å². The van der Waals surface area contributed by atoms with Gasteiger partial charge in [-0.3, -0.25) is 4.90 Å². The van der Waals surface area contributed by atoms with E-state index in [2.05, 4.69) is 14.8 Å². The van der Waals surface area contributed by atoms with Crippen molar-refractivity contribution in [3.05, 3.63) is 29.3 Å². The highest BCUT2D eigenvalue weighted by Crippen LogP contribution is 2.21. The maximum atomic E-state index is 11.5. The Morgan fingerprint density at radius 2 is 2.04 bits per heavy atom. The Morgan fingerprint density at radius 3 is 2.57 bits per heavy atom. The molecule has 1 aromatic rings. The maximum Gasteiger partial charge on any atom is 0.412 e. The normalized spacial score (nSPS) is 12.2. The minimum atomic E-state index is -4.00. The molecule has 1 rings (SSSR count). The van der Waals surface area contributed by atoms with Crippen molar-refractivity contribution in [2.75, 3.05) is 4.90 Å². The van der Waals surface area contributed by atoms with Crippen molar-refractivity contribution < 1.29 is 22.5 Å². The Hall–Kier alpha value is -1.95. The molecule has 1 unspecified atom stereocenters. The molecule has 0 saturated carbocycles. The van der Waals surface area contributed by atoms with Crippen LogP contribution in [-0.2, 0) is 14.5 Å². The van der Waals surface area contributed by atoms with E-state index >= 15 is 0 Å². The van der Waals surface area contributed by atoms with E-state index in [9.17, 15) is 18.3 Å². The van der Waals surface area contributed by atoms with Gasteiger partial charge in [-0.25, -0.2) is 4.79 Å². The van der Waals surface area contributed by atoms with Gasteiger partial charge in [0.2, 0.25) is 0 Å². The van der Waals surface area contributed by atoms with Gasteiger partial charge >= 0.3 is 16.4 Å². The summed E-state index contributed by atoms with van der Waals surface area (Å²) in [5, 5.41) is 9.68. The van der Waals surface area contributed by atoms with E-state index in [4.69, 9.17) is 11.6 Å². The van der Waals surface area contributed by atoms with Crippen molar-refractivity contribution in [2.24, 2.45) is 0 Å². The standard InChI is InChI=1S/C14H17ClN2O5S/c1-10(2)16-23(20,21)22-8-7-11(3)17(14(18)19)13-6-4-5-12(15)9-13/h4-6,9-11,16H,1-3H3,(H,18,19). The zero-order valence-electron chi connectivity index (χ0n) is 12.8. The molecule has 9 heteroatoms. The molecule has 0 aromatic heterocycles. The summed E-state index contributed by atoms with van der Waals surface area (Å²) < 4.78 is 29.6. The van der Waals surface area contributed by atoms with E-state index in [-0.39, 0.29) is 6.04 Å². The summed E-state index contributed by atoms with van der Waals surface area (Å²) in [6.07, 6.45) is 0.760. The molecule has 1 amide bonds. The van der Waals surface area contributed by atoms with Gasteiger partial charge in [-0.1, -0.05) is 17.7 Å². The van der Waals surface area contributed by atoms with Crippen molar-refractivity contribution in [3.63, 3.8) is 0 Å². The first-order chi connectivity index (χ1) is 10.6. The number of benzene rings is 1. The molecule has 0 spiro atoms. The number of amides is 1. The highest BCUT2D eigenvalue weighted by molar-refractivity contribution is 7.84. The number of carboxylic acid groups (broad SMARTS) is 1. The highest BCUT2D eigenvalue weighted by Gasteiger charge is 2.20. The zero-order chi connectivity index (χ0) is 17.6. The van der Waals surface area contributed by atoms with Crippen molar-refractivity contribution in [2.45, 2.75) is 32.9 Å². The number of hydrogen-bond donors (Lipinski definition) is 2. The monoisotopic (exact) mass is 360 g/mol. The summed E-state index contributed by atoms with van der Waals surface area (Å²) in [5.74, 6) is 2.42. The number of halogens is 1. The van der Waals surface area contributed by atoms with Gasteiger partial charge in [0.15, 0.2) is 0 Å². The van der Waals surface area contributed by atoms with Crippen LogP contribution in [0.25, 0.3) is 0 Å².